The Bertz CT molecular complexity index is 527. The van der Waals surface area contributed by atoms with Crippen LogP contribution >= 0.6 is 23.1 Å². The van der Waals surface area contributed by atoms with E-state index >= 15 is 0 Å². The molecule has 2 aromatic heterocycles. The van der Waals surface area contributed by atoms with E-state index in [1.807, 2.05) is 6.07 Å². The van der Waals surface area contributed by atoms with Crippen LogP contribution in [0.2, 0.25) is 5.15 Å². The fourth-order valence-corrected chi connectivity index (χ4v) is 1.89. The summed E-state index contributed by atoms with van der Waals surface area (Å²) < 4.78 is 10.8. The maximum absolute atomic E-state index is 8.80. The summed E-state index contributed by atoms with van der Waals surface area (Å²) in [5, 5.41) is 13.3. The molecule has 76 valence electrons. The van der Waals surface area contributed by atoms with E-state index in [9.17, 15) is 0 Å². The summed E-state index contributed by atoms with van der Waals surface area (Å²) in [5.41, 5.74) is 0.255. The number of aryl methyl sites for hydroxylation is 1. The molecule has 0 radical (unpaired) electrons. The van der Waals surface area contributed by atoms with Gasteiger partial charge >= 0.3 is 0 Å². The first-order chi connectivity index (χ1) is 7.20. The van der Waals surface area contributed by atoms with E-state index in [2.05, 4.69) is 9.47 Å². The van der Waals surface area contributed by atoms with Crippen LogP contribution in [0.5, 0.6) is 10.8 Å². The van der Waals surface area contributed by atoms with Crippen molar-refractivity contribution in [1.29, 1.82) is 5.26 Å². The number of nitriles is 1. The predicted octanol–water partition coefficient (Wildman–Crippen LogP) is 2.19. The van der Waals surface area contributed by atoms with Crippen LogP contribution in [0.25, 0.3) is 0 Å². The van der Waals surface area contributed by atoms with E-state index in [1.54, 1.807) is 24.1 Å². The maximum Gasteiger partial charge on any atom is 0.219 e. The molecule has 2 aromatic rings. The molecular weight excluding hydrogens is 236 g/mol. The molecule has 0 N–H and O–H groups in total. The van der Waals surface area contributed by atoms with Gasteiger partial charge in [0.2, 0.25) is 5.06 Å². The number of halogens is 1. The second-order valence-corrected chi connectivity index (χ2v) is 3.79. The molecule has 5 nitrogen and oxygen atoms in total. The number of hydrogen-bond donors (Lipinski definition) is 0. The Morgan fingerprint density at radius 1 is 1.67 bits per heavy atom. The lowest BCUT2D eigenvalue weighted by molar-refractivity contribution is 0.494. The van der Waals surface area contributed by atoms with Crippen molar-refractivity contribution < 1.29 is 4.74 Å². The molecule has 0 aliphatic heterocycles. The van der Waals surface area contributed by atoms with Gasteiger partial charge in [-0.15, -0.1) is 0 Å². The average Bonchev–Trinajstić information content (AvgIpc) is 2.75. The van der Waals surface area contributed by atoms with E-state index in [0.717, 1.165) is 11.5 Å². The first-order valence-corrected chi connectivity index (χ1v) is 5.07. The van der Waals surface area contributed by atoms with Gasteiger partial charge in [0.15, 0.2) is 10.9 Å². The smallest absolute Gasteiger partial charge is 0.219 e. The molecule has 0 atom stereocenters. The van der Waals surface area contributed by atoms with Crippen molar-refractivity contribution in [2.45, 2.75) is 0 Å². The molecule has 0 saturated carbocycles. The Balaban J connectivity index is 2.29. The summed E-state index contributed by atoms with van der Waals surface area (Å²) in [5.74, 6) is 0.550. The van der Waals surface area contributed by atoms with Gasteiger partial charge < -0.3 is 4.74 Å². The highest BCUT2D eigenvalue weighted by Crippen LogP contribution is 2.33. The first-order valence-electron chi connectivity index (χ1n) is 3.92. The van der Waals surface area contributed by atoms with E-state index < -0.39 is 0 Å². The van der Waals surface area contributed by atoms with Gasteiger partial charge in [-0.25, -0.2) is 0 Å². The summed E-state index contributed by atoms with van der Waals surface area (Å²) in [6.07, 6.45) is 3.24. The van der Waals surface area contributed by atoms with Crippen molar-refractivity contribution in [3.63, 3.8) is 0 Å². The normalized spacial score (nSPS) is 9.93. The highest BCUT2D eigenvalue weighted by atomic mass is 35.5. The molecule has 0 saturated heterocycles. The molecule has 2 heterocycles. The molecule has 0 bridgehead atoms. The SMILES string of the molecule is Cn1cc(Oc2snc(Cl)c2C#N)cn1. The van der Waals surface area contributed by atoms with Crippen LogP contribution in [0.15, 0.2) is 12.4 Å². The van der Waals surface area contributed by atoms with Crippen LogP contribution in [0.1, 0.15) is 5.56 Å². The third-order valence-corrected chi connectivity index (χ3v) is 2.72. The van der Waals surface area contributed by atoms with E-state index in [4.69, 9.17) is 21.6 Å². The summed E-state index contributed by atoms with van der Waals surface area (Å²) in [6.45, 7) is 0. The zero-order valence-corrected chi connectivity index (χ0v) is 9.21. The molecule has 0 aliphatic rings. The monoisotopic (exact) mass is 240 g/mol. The minimum absolute atomic E-state index is 0.168. The zero-order chi connectivity index (χ0) is 10.8. The van der Waals surface area contributed by atoms with Crippen LogP contribution in [-0.4, -0.2) is 14.2 Å². The number of aromatic nitrogens is 3. The van der Waals surface area contributed by atoms with Crippen molar-refractivity contribution in [2.75, 3.05) is 0 Å². The number of nitrogens with zero attached hydrogens (tertiary/aromatic N) is 4. The van der Waals surface area contributed by atoms with Crippen molar-refractivity contribution in [3.8, 4) is 16.9 Å². The Morgan fingerprint density at radius 3 is 3.07 bits per heavy atom. The molecule has 0 aromatic carbocycles. The zero-order valence-electron chi connectivity index (χ0n) is 7.64. The van der Waals surface area contributed by atoms with Crippen molar-refractivity contribution in [1.82, 2.24) is 14.2 Å². The molecule has 0 aliphatic carbocycles. The molecule has 0 amide bonds. The van der Waals surface area contributed by atoms with Crippen LogP contribution in [-0.2, 0) is 7.05 Å². The standard InChI is InChI=1S/C8H5ClN4OS/c1-13-4-5(3-11-13)14-8-6(2-10)7(9)12-15-8/h3-4H,1H3. The first kappa shape index (κ1) is 9.96. The van der Waals surface area contributed by atoms with Crippen LogP contribution in [0, 0.1) is 11.3 Å². The van der Waals surface area contributed by atoms with Gasteiger partial charge in [-0.2, -0.15) is 14.7 Å². The van der Waals surface area contributed by atoms with Crippen LogP contribution in [0.4, 0.5) is 0 Å². The predicted molar refractivity (Wildman–Crippen MR) is 55.1 cm³/mol. The fraction of sp³-hybridized carbons (Fsp3) is 0.125. The minimum Gasteiger partial charge on any atom is -0.440 e. The second-order valence-electron chi connectivity index (χ2n) is 2.70. The van der Waals surface area contributed by atoms with Gasteiger partial charge in [-0.3, -0.25) is 4.68 Å². The molecule has 0 fully saturated rings. The van der Waals surface area contributed by atoms with Crippen molar-refractivity contribution in [2.24, 2.45) is 7.05 Å². The van der Waals surface area contributed by atoms with Gasteiger partial charge in [0.1, 0.15) is 11.6 Å². The number of rotatable bonds is 2. The van der Waals surface area contributed by atoms with Crippen LogP contribution < -0.4 is 4.74 Å². The Kier molecular flexibility index (Phi) is 2.58. The quantitative estimate of drug-likeness (QED) is 0.807. The number of ether oxygens (including phenoxy) is 1. The second kappa shape index (κ2) is 3.88. The third kappa shape index (κ3) is 1.93. The van der Waals surface area contributed by atoms with E-state index in [1.165, 1.54) is 0 Å². The Morgan fingerprint density at radius 2 is 2.47 bits per heavy atom. The highest BCUT2D eigenvalue weighted by molar-refractivity contribution is 7.08. The molecule has 15 heavy (non-hydrogen) atoms. The van der Waals surface area contributed by atoms with Gasteiger partial charge in [-0.1, -0.05) is 11.6 Å². The fourth-order valence-electron chi connectivity index (χ4n) is 0.977. The van der Waals surface area contributed by atoms with Gasteiger partial charge in [0.05, 0.1) is 12.4 Å². The minimum atomic E-state index is 0.168. The van der Waals surface area contributed by atoms with Crippen molar-refractivity contribution >= 4 is 23.1 Å². The third-order valence-electron chi connectivity index (χ3n) is 1.62. The lowest BCUT2D eigenvalue weighted by Crippen LogP contribution is -1.84. The number of hydrogen-bond acceptors (Lipinski definition) is 5. The highest BCUT2D eigenvalue weighted by Gasteiger charge is 2.14. The molecule has 7 heteroatoms. The largest absolute Gasteiger partial charge is 0.440 e. The topological polar surface area (TPSA) is 63.7 Å². The van der Waals surface area contributed by atoms with Gasteiger partial charge in [0.25, 0.3) is 0 Å². The molecule has 2 rings (SSSR count). The summed E-state index contributed by atoms with van der Waals surface area (Å²) in [4.78, 5) is 0. The average molecular weight is 241 g/mol. The lowest BCUT2D eigenvalue weighted by atomic mass is 10.4. The van der Waals surface area contributed by atoms with E-state index in [-0.39, 0.29) is 10.7 Å². The van der Waals surface area contributed by atoms with Crippen molar-refractivity contribution in [3.05, 3.63) is 23.1 Å². The Hall–Kier alpha value is -1.58. The van der Waals surface area contributed by atoms with Gasteiger partial charge in [0, 0.05) is 18.6 Å². The molecule has 0 spiro atoms. The van der Waals surface area contributed by atoms with E-state index in [0.29, 0.717) is 10.8 Å². The van der Waals surface area contributed by atoms with Crippen LogP contribution in [0.3, 0.4) is 0 Å². The molecule has 0 unspecified atom stereocenters. The summed E-state index contributed by atoms with van der Waals surface area (Å²) in [7, 11) is 1.78. The summed E-state index contributed by atoms with van der Waals surface area (Å²) >= 11 is 6.73. The molecular formula is C8H5ClN4OS. The lowest BCUT2D eigenvalue weighted by Gasteiger charge is -1.96. The summed E-state index contributed by atoms with van der Waals surface area (Å²) in [6, 6.07) is 1.93. The van der Waals surface area contributed by atoms with Gasteiger partial charge in [-0.05, 0) is 0 Å². The Labute approximate surface area is 94.6 Å². The maximum atomic E-state index is 8.80.